The van der Waals surface area contributed by atoms with Crippen molar-refractivity contribution in [1.29, 1.82) is 0 Å². The molecule has 24 heavy (non-hydrogen) atoms. The van der Waals surface area contributed by atoms with Crippen molar-refractivity contribution in [3.8, 4) is 10.7 Å². The van der Waals surface area contributed by atoms with Crippen LogP contribution in [0, 0.1) is 5.92 Å². The first-order valence-corrected chi connectivity index (χ1v) is 9.28. The largest absolute Gasteiger partial charge is 0.376 e. The summed E-state index contributed by atoms with van der Waals surface area (Å²) in [6.45, 7) is 2.26. The van der Waals surface area contributed by atoms with Gasteiger partial charge in [-0.05, 0) is 31.6 Å². The number of anilines is 1. The molecule has 1 saturated carbocycles. The van der Waals surface area contributed by atoms with Crippen LogP contribution in [0.5, 0.6) is 0 Å². The predicted octanol–water partition coefficient (Wildman–Crippen LogP) is 2.96. The van der Waals surface area contributed by atoms with Crippen LogP contribution >= 0.6 is 11.3 Å². The van der Waals surface area contributed by atoms with E-state index in [0.29, 0.717) is 12.2 Å². The van der Waals surface area contributed by atoms with Gasteiger partial charge in [-0.3, -0.25) is 5.10 Å². The Balaban J connectivity index is 1.36. The summed E-state index contributed by atoms with van der Waals surface area (Å²) in [6, 6.07) is -0.103. The van der Waals surface area contributed by atoms with Crippen LogP contribution < -0.4 is 5.32 Å². The molecule has 7 nitrogen and oxygen atoms in total. The van der Waals surface area contributed by atoms with Crippen LogP contribution in [0.2, 0.25) is 0 Å². The predicted molar refractivity (Wildman–Crippen MR) is 92.0 cm³/mol. The number of piperidine rings is 1. The molecule has 8 heteroatoms. The van der Waals surface area contributed by atoms with Gasteiger partial charge in [-0.1, -0.05) is 0 Å². The van der Waals surface area contributed by atoms with E-state index in [0.717, 1.165) is 42.6 Å². The first kappa shape index (κ1) is 15.6. The number of aromatic amines is 1. The highest BCUT2D eigenvalue weighted by molar-refractivity contribution is 7.13. The number of likely N-dealkylation sites (tertiary alicyclic amines) is 1. The normalized spacial score (nSPS) is 21.0. The zero-order valence-corrected chi connectivity index (χ0v) is 14.2. The van der Waals surface area contributed by atoms with E-state index in [1.165, 1.54) is 24.2 Å². The van der Waals surface area contributed by atoms with Gasteiger partial charge in [0.1, 0.15) is 10.7 Å². The zero-order chi connectivity index (χ0) is 16.4. The summed E-state index contributed by atoms with van der Waals surface area (Å²) in [7, 11) is 0. The summed E-state index contributed by atoms with van der Waals surface area (Å²) in [5, 5.41) is 12.6. The molecule has 2 aromatic heterocycles. The number of hydrogen-bond donors (Lipinski definition) is 2. The van der Waals surface area contributed by atoms with Gasteiger partial charge in [0, 0.05) is 31.3 Å². The quantitative estimate of drug-likeness (QED) is 0.871. The SMILES string of the molecule is O=C(Nc1cn[nH]c1-c1nccs1)N1CCC[C@H](OCC2CC2)C1. The Bertz CT molecular complexity index is 682. The van der Waals surface area contributed by atoms with Gasteiger partial charge >= 0.3 is 6.03 Å². The Kier molecular flexibility index (Phi) is 4.48. The lowest BCUT2D eigenvalue weighted by atomic mass is 10.1. The summed E-state index contributed by atoms with van der Waals surface area (Å²) in [4.78, 5) is 18.7. The molecule has 1 aliphatic carbocycles. The summed E-state index contributed by atoms with van der Waals surface area (Å²) in [5.74, 6) is 0.751. The second-order valence-corrected chi connectivity index (χ2v) is 7.31. The Morgan fingerprint density at radius 3 is 3.17 bits per heavy atom. The molecule has 2 aliphatic rings. The minimum absolute atomic E-state index is 0.103. The second-order valence-electron chi connectivity index (χ2n) is 6.41. The van der Waals surface area contributed by atoms with E-state index in [-0.39, 0.29) is 12.1 Å². The lowest BCUT2D eigenvalue weighted by Gasteiger charge is -2.32. The van der Waals surface area contributed by atoms with Crippen LogP contribution in [0.15, 0.2) is 17.8 Å². The average molecular weight is 347 g/mol. The van der Waals surface area contributed by atoms with Gasteiger partial charge in [-0.15, -0.1) is 11.3 Å². The highest BCUT2D eigenvalue weighted by atomic mass is 32.1. The highest BCUT2D eigenvalue weighted by Crippen LogP contribution is 2.30. The molecule has 1 aliphatic heterocycles. The van der Waals surface area contributed by atoms with Crippen LogP contribution in [0.4, 0.5) is 10.5 Å². The maximum absolute atomic E-state index is 12.6. The van der Waals surface area contributed by atoms with E-state index < -0.39 is 0 Å². The smallest absolute Gasteiger partial charge is 0.322 e. The number of H-pyrrole nitrogens is 1. The topological polar surface area (TPSA) is 83.1 Å². The molecule has 4 rings (SSSR count). The molecule has 2 aromatic rings. The maximum atomic E-state index is 12.6. The third kappa shape index (κ3) is 3.59. The monoisotopic (exact) mass is 347 g/mol. The summed E-state index contributed by atoms with van der Waals surface area (Å²) < 4.78 is 5.96. The van der Waals surface area contributed by atoms with Gasteiger partial charge in [-0.2, -0.15) is 5.10 Å². The fourth-order valence-electron chi connectivity index (χ4n) is 2.90. The first-order chi connectivity index (χ1) is 11.8. The van der Waals surface area contributed by atoms with Crippen molar-refractivity contribution in [1.82, 2.24) is 20.1 Å². The Morgan fingerprint density at radius 2 is 2.38 bits per heavy atom. The van der Waals surface area contributed by atoms with Crippen molar-refractivity contribution >= 4 is 23.1 Å². The van der Waals surface area contributed by atoms with Crippen molar-refractivity contribution in [3.63, 3.8) is 0 Å². The minimum Gasteiger partial charge on any atom is -0.376 e. The Hall–Kier alpha value is -1.93. The summed E-state index contributed by atoms with van der Waals surface area (Å²) in [6.07, 6.45) is 8.11. The molecule has 0 radical (unpaired) electrons. The molecule has 0 aromatic carbocycles. The van der Waals surface area contributed by atoms with E-state index in [4.69, 9.17) is 4.74 Å². The number of hydrogen-bond acceptors (Lipinski definition) is 5. The van der Waals surface area contributed by atoms with Gasteiger partial charge in [0.25, 0.3) is 0 Å². The number of carbonyl (C=O) groups excluding carboxylic acids is 1. The summed E-state index contributed by atoms with van der Waals surface area (Å²) in [5.41, 5.74) is 1.41. The van der Waals surface area contributed by atoms with E-state index in [9.17, 15) is 4.79 Å². The van der Waals surface area contributed by atoms with Crippen LogP contribution in [-0.4, -0.2) is 51.9 Å². The number of carbonyl (C=O) groups is 1. The molecule has 2 amide bonds. The maximum Gasteiger partial charge on any atom is 0.322 e. The molecule has 3 heterocycles. The van der Waals surface area contributed by atoms with Gasteiger partial charge in [-0.25, -0.2) is 9.78 Å². The first-order valence-electron chi connectivity index (χ1n) is 8.40. The van der Waals surface area contributed by atoms with Gasteiger partial charge in [0.15, 0.2) is 0 Å². The molecule has 2 N–H and O–H groups in total. The lowest BCUT2D eigenvalue weighted by Crippen LogP contribution is -2.45. The zero-order valence-electron chi connectivity index (χ0n) is 13.4. The number of rotatable bonds is 5. The molecule has 1 saturated heterocycles. The van der Waals surface area contributed by atoms with E-state index in [1.807, 2.05) is 10.3 Å². The molecule has 1 atom stereocenters. The molecule has 0 spiro atoms. The molecule has 2 fully saturated rings. The number of nitrogens with one attached hydrogen (secondary N) is 2. The number of amides is 2. The average Bonchev–Trinajstić information content (AvgIpc) is 3.07. The highest BCUT2D eigenvalue weighted by Gasteiger charge is 2.28. The Labute approximate surface area is 144 Å². The van der Waals surface area contributed by atoms with Crippen LogP contribution in [0.1, 0.15) is 25.7 Å². The van der Waals surface area contributed by atoms with Crippen molar-refractivity contribution < 1.29 is 9.53 Å². The van der Waals surface area contributed by atoms with Gasteiger partial charge in [0.05, 0.1) is 18.0 Å². The number of thiazole rings is 1. The fraction of sp³-hybridized carbons (Fsp3) is 0.562. The number of ether oxygens (including phenoxy) is 1. The van der Waals surface area contributed by atoms with Crippen molar-refractivity contribution in [2.75, 3.05) is 25.0 Å². The van der Waals surface area contributed by atoms with E-state index >= 15 is 0 Å². The molecule has 0 bridgehead atoms. The van der Waals surface area contributed by atoms with Crippen LogP contribution in [0.3, 0.4) is 0 Å². The number of urea groups is 1. The van der Waals surface area contributed by atoms with Gasteiger partial charge in [0.2, 0.25) is 0 Å². The molecule has 128 valence electrons. The molecule has 0 unspecified atom stereocenters. The number of nitrogens with zero attached hydrogens (tertiary/aromatic N) is 3. The summed E-state index contributed by atoms with van der Waals surface area (Å²) >= 11 is 1.51. The minimum atomic E-state index is -0.103. The third-order valence-electron chi connectivity index (χ3n) is 4.46. The van der Waals surface area contributed by atoms with Crippen molar-refractivity contribution in [3.05, 3.63) is 17.8 Å². The van der Waals surface area contributed by atoms with Crippen LogP contribution in [0.25, 0.3) is 10.7 Å². The Morgan fingerprint density at radius 1 is 1.46 bits per heavy atom. The standard InChI is InChI=1S/C16H21N5O2S/c22-16(19-13-8-18-20-14(13)15-17-5-7-24-15)21-6-1-2-12(9-21)23-10-11-3-4-11/h5,7-8,11-12H,1-4,6,9-10H2,(H,18,20)(H,19,22)/t12-/m0/s1. The van der Waals surface area contributed by atoms with E-state index in [2.05, 4.69) is 20.5 Å². The second kappa shape index (κ2) is 6.90. The van der Waals surface area contributed by atoms with Gasteiger partial charge < -0.3 is 15.0 Å². The van der Waals surface area contributed by atoms with Crippen LogP contribution in [-0.2, 0) is 4.74 Å². The van der Waals surface area contributed by atoms with E-state index in [1.54, 1.807) is 12.4 Å². The van der Waals surface area contributed by atoms with Crippen molar-refractivity contribution in [2.45, 2.75) is 31.8 Å². The molecular formula is C16H21N5O2S. The lowest BCUT2D eigenvalue weighted by molar-refractivity contribution is 0.00597. The third-order valence-corrected chi connectivity index (χ3v) is 5.25. The van der Waals surface area contributed by atoms with Crippen molar-refractivity contribution in [2.24, 2.45) is 5.92 Å². The number of aromatic nitrogens is 3. The molecular weight excluding hydrogens is 326 g/mol. The fourth-order valence-corrected chi connectivity index (χ4v) is 3.55.